The molecule has 2 nitrogen and oxygen atoms in total. The van der Waals surface area contributed by atoms with Crippen molar-refractivity contribution in [1.29, 1.82) is 0 Å². The Hall–Kier alpha value is -1.09. The fraction of sp³-hybridized carbons (Fsp3) is 0.357. The van der Waals surface area contributed by atoms with Crippen LogP contribution in [0.2, 0.25) is 0 Å². The highest BCUT2D eigenvalue weighted by Gasteiger charge is 2.13. The van der Waals surface area contributed by atoms with E-state index in [-0.39, 0.29) is 5.92 Å². The van der Waals surface area contributed by atoms with Gasteiger partial charge in [0.2, 0.25) is 0 Å². The van der Waals surface area contributed by atoms with E-state index >= 15 is 0 Å². The van der Waals surface area contributed by atoms with E-state index in [0.29, 0.717) is 0 Å². The van der Waals surface area contributed by atoms with Gasteiger partial charge in [0.05, 0.1) is 5.70 Å². The molecule has 1 N–H and O–H groups in total. The Bertz CT molecular complexity index is 424. The normalized spacial score (nSPS) is 13.3. The summed E-state index contributed by atoms with van der Waals surface area (Å²) >= 11 is 3.51. The Morgan fingerprint density at radius 1 is 1.59 bits per heavy atom. The van der Waals surface area contributed by atoms with Crippen molar-refractivity contribution in [2.75, 3.05) is 7.05 Å². The molecule has 0 bridgehead atoms. The first-order valence-corrected chi connectivity index (χ1v) is 6.76. The molecule has 1 rings (SSSR count). The number of benzene rings is 1. The number of alkyl halides is 1. The highest BCUT2D eigenvalue weighted by molar-refractivity contribution is 9.08. The van der Waals surface area contributed by atoms with E-state index in [4.69, 9.17) is 0 Å². The molecule has 3 heteroatoms. The highest BCUT2D eigenvalue weighted by atomic mass is 79.9. The molecule has 0 radical (unpaired) electrons. The molecule has 0 unspecified atom stereocenters. The van der Waals surface area contributed by atoms with Gasteiger partial charge in [0.25, 0.3) is 0 Å². The van der Waals surface area contributed by atoms with Gasteiger partial charge in [-0.05, 0) is 30.3 Å². The first-order chi connectivity index (χ1) is 8.15. The summed E-state index contributed by atoms with van der Waals surface area (Å²) in [7, 11) is 1.87. The lowest BCUT2D eigenvalue weighted by Gasteiger charge is -2.17. The molecule has 1 aromatic rings. The van der Waals surface area contributed by atoms with Crippen molar-refractivity contribution in [1.82, 2.24) is 5.32 Å². The minimum absolute atomic E-state index is 0.249. The van der Waals surface area contributed by atoms with Crippen LogP contribution in [0.1, 0.15) is 29.5 Å². The molecule has 0 heterocycles. The maximum Gasteiger partial charge on any atom is 0.0624 e. The average molecular weight is 295 g/mol. The molecule has 92 valence electrons. The van der Waals surface area contributed by atoms with E-state index in [2.05, 4.69) is 65.0 Å². The summed E-state index contributed by atoms with van der Waals surface area (Å²) in [5, 5.41) is 3.89. The maximum absolute atomic E-state index is 4.09. The van der Waals surface area contributed by atoms with Crippen molar-refractivity contribution in [2.45, 2.75) is 25.1 Å². The number of aliphatic imine (C=N–C) groups is 1. The number of allylic oxidation sites excluding steroid dienone is 1. The van der Waals surface area contributed by atoms with Gasteiger partial charge in [-0.15, -0.1) is 0 Å². The molecule has 0 aromatic heterocycles. The monoisotopic (exact) mass is 294 g/mol. The Kier molecular flexibility index (Phi) is 5.42. The molecule has 0 aliphatic rings. The van der Waals surface area contributed by atoms with Crippen LogP contribution in [-0.2, 0) is 5.33 Å². The molecule has 0 fully saturated rings. The van der Waals surface area contributed by atoms with Crippen LogP contribution >= 0.6 is 15.9 Å². The van der Waals surface area contributed by atoms with Gasteiger partial charge in [0.15, 0.2) is 0 Å². The quantitative estimate of drug-likeness (QED) is 0.649. The molecule has 0 spiro atoms. The van der Waals surface area contributed by atoms with Gasteiger partial charge in [-0.3, -0.25) is 4.99 Å². The number of halogens is 1. The SMILES string of the molecule is C=N/C(=C\NC)[C@@H](C)c1cccc(CBr)c1C. The third-order valence-corrected chi connectivity index (χ3v) is 3.62. The molecule has 0 aliphatic carbocycles. The summed E-state index contributed by atoms with van der Waals surface area (Å²) in [4.78, 5) is 4.09. The fourth-order valence-corrected chi connectivity index (χ4v) is 2.54. The number of rotatable bonds is 5. The standard InChI is InChI=1S/C14H19BrN2/c1-10-12(8-15)6-5-7-13(10)11(2)14(17-4)9-16-3/h5-7,9,11,16H,4,8H2,1-3H3/b14-9-/t11-/m0/s1. The molecule has 0 saturated carbocycles. The third-order valence-electron chi connectivity index (χ3n) is 3.02. The van der Waals surface area contributed by atoms with Crippen LogP contribution in [0.5, 0.6) is 0 Å². The lowest BCUT2D eigenvalue weighted by atomic mass is 9.91. The third kappa shape index (κ3) is 3.19. The zero-order chi connectivity index (χ0) is 12.8. The van der Waals surface area contributed by atoms with Crippen LogP contribution in [0, 0.1) is 6.92 Å². The second-order valence-electron chi connectivity index (χ2n) is 4.00. The molecule has 17 heavy (non-hydrogen) atoms. The van der Waals surface area contributed by atoms with E-state index in [1.807, 2.05) is 13.2 Å². The van der Waals surface area contributed by atoms with Gasteiger partial charge in [0.1, 0.15) is 0 Å². The van der Waals surface area contributed by atoms with Gasteiger partial charge in [-0.2, -0.15) is 0 Å². The Labute approximate surface area is 112 Å². The minimum Gasteiger partial charge on any atom is -0.392 e. The average Bonchev–Trinajstić information content (AvgIpc) is 2.35. The Morgan fingerprint density at radius 3 is 2.82 bits per heavy atom. The maximum atomic E-state index is 4.09. The van der Waals surface area contributed by atoms with Gasteiger partial charge in [-0.1, -0.05) is 41.1 Å². The number of nitrogens with one attached hydrogen (secondary N) is 1. The van der Waals surface area contributed by atoms with Gasteiger partial charge in [-0.25, -0.2) is 0 Å². The largest absolute Gasteiger partial charge is 0.392 e. The van der Waals surface area contributed by atoms with E-state index < -0.39 is 0 Å². The summed E-state index contributed by atoms with van der Waals surface area (Å²) in [6, 6.07) is 6.39. The van der Waals surface area contributed by atoms with Crippen molar-refractivity contribution in [3.8, 4) is 0 Å². The van der Waals surface area contributed by atoms with Crippen LogP contribution in [0.3, 0.4) is 0 Å². The van der Waals surface area contributed by atoms with Gasteiger partial charge < -0.3 is 5.32 Å². The van der Waals surface area contributed by atoms with Crippen molar-refractivity contribution in [2.24, 2.45) is 4.99 Å². The summed E-state index contributed by atoms with van der Waals surface area (Å²) in [6.45, 7) is 7.94. The van der Waals surface area contributed by atoms with Crippen molar-refractivity contribution in [3.05, 3.63) is 46.8 Å². The summed E-state index contributed by atoms with van der Waals surface area (Å²) in [6.07, 6.45) is 1.90. The predicted molar refractivity (Wildman–Crippen MR) is 78.9 cm³/mol. The zero-order valence-electron chi connectivity index (χ0n) is 10.6. The molecule has 0 saturated heterocycles. The summed E-state index contributed by atoms with van der Waals surface area (Å²) in [5.41, 5.74) is 4.91. The lowest BCUT2D eigenvalue weighted by molar-refractivity contribution is 0.849. The zero-order valence-corrected chi connectivity index (χ0v) is 12.2. The van der Waals surface area contributed by atoms with E-state index in [1.165, 1.54) is 16.7 Å². The molecular weight excluding hydrogens is 276 g/mol. The van der Waals surface area contributed by atoms with Crippen LogP contribution in [0.25, 0.3) is 0 Å². The summed E-state index contributed by atoms with van der Waals surface area (Å²) < 4.78 is 0. The van der Waals surface area contributed by atoms with Crippen molar-refractivity contribution < 1.29 is 0 Å². The second kappa shape index (κ2) is 6.60. The summed E-state index contributed by atoms with van der Waals surface area (Å²) in [5.74, 6) is 0.249. The Morgan fingerprint density at radius 2 is 2.29 bits per heavy atom. The first-order valence-electron chi connectivity index (χ1n) is 5.64. The minimum atomic E-state index is 0.249. The second-order valence-corrected chi connectivity index (χ2v) is 4.56. The molecule has 0 amide bonds. The van der Waals surface area contributed by atoms with Crippen LogP contribution < -0.4 is 5.32 Å². The molecular formula is C14H19BrN2. The number of hydrogen-bond donors (Lipinski definition) is 1. The van der Waals surface area contributed by atoms with E-state index in [1.54, 1.807) is 0 Å². The van der Waals surface area contributed by atoms with Crippen LogP contribution in [-0.4, -0.2) is 13.8 Å². The van der Waals surface area contributed by atoms with E-state index in [0.717, 1.165) is 11.0 Å². The predicted octanol–water partition coefficient (Wildman–Crippen LogP) is 3.75. The molecule has 1 atom stereocenters. The highest BCUT2D eigenvalue weighted by Crippen LogP contribution is 2.29. The van der Waals surface area contributed by atoms with E-state index in [9.17, 15) is 0 Å². The number of hydrogen-bond acceptors (Lipinski definition) is 2. The van der Waals surface area contributed by atoms with Crippen molar-refractivity contribution in [3.63, 3.8) is 0 Å². The first kappa shape index (κ1) is 14.0. The Balaban J connectivity index is 3.15. The number of nitrogens with zero attached hydrogens (tertiary/aromatic N) is 1. The van der Waals surface area contributed by atoms with Gasteiger partial charge in [0, 0.05) is 24.5 Å². The van der Waals surface area contributed by atoms with Crippen LogP contribution in [0.4, 0.5) is 0 Å². The fourth-order valence-electron chi connectivity index (χ4n) is 1.93. The lowest BCUT2D eigenvalue weighted by Crippen LogP contribution is -2.04. The van der Waals surface area contributed by atoms with Crippen LogP contribution in [0.15, 0.2) is 35.1 Å². The van der Waals surface area contributed by atoms with Crippen molar-refractivity contribution >= 4 is 22.6 Å². The smallest absolute Gasteiger partial charge is 0.0624 e. The molecule has 0 aliphatic heterocycles. The topological polar surface area (TPSA) is 24.4 Å². The molecule has 1 aromatic carbocycles. The van der Waals surface area contributed by atoms with Gasteiger partial charge >= 0.3 is 0 Å².